The first-order valence-electron chi connectivity index (χ1n) is 13.3. The lowest BCUT2D eigenvalue weighted by atomic mass is 9.81. The van der Waals surface area contributed by atoms with Crippen LogP contribution in [0.2, 0.25) is 0 Å². The molecular weight excluding hydrogens is 613 g/mol. The van der Waals surface area contributed by atoms with Gasteiger partial charge in [-0.1, -0.05) is 24.3 Å². The van der Waals surface area contributed by atoms with E-state index in [1.54, 1.807) is 24.3 Å². The zero-order chi connectivity index (χ0) is 31.8. The molecule has 2 amide bonds. The highest BCUT2D eigenvalue weighted by Gasteiger charge is 2.36. The number of hydrogen-bond donors (Lipinski definition) is 3. The molecule has 0 fully saturated rings. The second kappa shape index (κ2) is 12.5. The van der Waals surface area contributed by atoms with Crippen LogP contribution in [0.15, 0.2) is 35.2 Å². The number of carbonyl (C=O) groups is 4. The van der Waals surface area contributed by atoms with E-state index in [0.29, 0.717) is 16.8 Å². The number of amides is 2. The van der Waals surface area contributed by atoms with E-state index < -0.39 is 21.4 Å². The molecule has 226 valence electrons. The summed E-state index contributed by atoms with van der Waals surface area (Å²) in [6.07, 6.45) is 1.05. The number of carbonyl (C=O) groups excluding carboxylic acids is 4. The normalized spacial score (nSPS) is 12.4. The first-order chi connectivity index (χ1) is 20.2. The Bertz CT molecular complexity index is 1770. The number of sulfone groups is 1. The number of nitrogens with one attached hydrogen (secondary N) is 3. The molecule has 0 saturated carbocycles. The number of benzene rings is 3. The van der Waals surface area contributed by atoms with Crippen LogP contribution in [-0.4, -0.2) is 49.8 Å². The second-order valence-electron chi connectivity index (χ2n) is 10.4. The van der Waals surface area contributed by atoms with Crippen molar-refractivity contribution in [1.29, 1.82) is 0 Å². The minimum atomic E-state index is -3.81. The largest absolute Gasteiger partial charge is 0.354 e. The molecule has 43 heavy (non-hydrogen) atoms. The van der Waals surface area contributed by atoms with Crippen molar-refractivity contribution in [2.75, 3.05) is 23.3 Å². The molecule has 0 radical (unpaired) electrons. The summed E-state index contributed by atoms with van der Waals surface area (Å²) in [6, 6.07) is 7.81. The van der Waals surface area contributed by atoms with Crippen LogP contribution >= 0.6 is 23.2 Å². The number of hydrogen-bond acceptors (Lipinski definition) is 7. The molecule has 3 N–H and O–H groups in total. The minimum Gasteiger partial charge on any atom is -0.354 e. The van der Waals surface area contributed by atoms with Gasteiger partial charge in [-0.05, 0) is 67.1 Å². The summed E-state index contributed by atoms with van der Waals surface area (Å²) < 4.78 is 25.8. The summed E-state index contributed by atoms with van der Waals surface area (Å²) in [5, 5.41) is 8.82. The zero-order valence-corrected chi connectivity index (χ0v) is 26.7. The Morgan fingerprint density at radius 1 is 0.744 bits per heavy atom. The molecular formula is C31H31Cl2N3O6S. The fourth-order valence-electron chi connectivity index (χ4n) is 5.56. The molecule has 3 aromatic carbocycles. The van der Waals surface area contributed by atoms with Gasteiger partial charge in [0.1, 0.15) is 11.8 Å². The third-order valence-electron chi connectivity index (χ3n) is 7.80. The van der Waals surface area contributed by atoms with Crippen molar-refractivity contribution in [2.24, 2.45) is 0 Å². The van der Waals surface area contributed by atoms with E-state index in [-0.39, 0.29) is 75.1 Å². The first kappa shape index (κ1) is 32.2. The Morgan fingerprint density at radius 2 is 1.21 bits per heavy atom. The summed E-state index contributed by atoms with van der Waals surface area (Å²) in [5.74, 6) is -2.06. The topological polar surface area (TPSA) is 139 Å². The molecule has 1 aliphatic rings. The molecule has 0 spiro atoms. The lowest BCUT2D eigenvalue weighted by Crippen LogP contribution is -2.27. The van der Waals surface area contributed by atoms with Gasteiger partial charge in [0.15, 0.2) is 21.4 Å². The smallest absolute Gasteiger partial charge is 0.235 e. The van der Waals surface area contributed by atoms with Gasteiger partial charge in [0.2, 0.25) is 11.8 Å². The van der Waals surface area contributed by atoms with Gasteiger partial charge < -0.3 is 16.0 Å². The van der Waals surface area contributed by atoms with Crippen LogP contribution in [0.3, 0.4) is 0 Å². The van der Waals surface area contributed by atoms with Crippen LogP contribution < -0.4 is 16.0 Å². The number of ketones is 2. The molecule has 0 atom stereocenters. The van der Waals surface area contributed by atoms with Gasteiger partial charge in [0, 0.05) is 41.7 Å². The van der Waals surface area contributed by atoms with Crippen LogP contribution in [0, 0.1) is 27.7 Å². The van der Waals surface area contributed by atoms with Gasteiger partial charge in [-0.15, -0.1) is 23.2 Å². The maximum Gasteiger partial charge on any atom is 0.235 e. The van der Waals surface area contributed by atoms with E-state index >= 15 is 0 Å². The van der Waals surface area contributed by atoms with Crippen LogP contribution in [0.5, 0.6) is 0 Å². The summed E-state index contributed by atoms with van der Waals surface area (Å²) in [5.41, 5.74) is 5.11. The fourth-order valence-corrected chi connectivity index (χ4v) is 6.74. The molecule has 0 heterocycles. The lowest BCUT2D eigenvalue weighted by molar-refractivity contribution is -0.119. The van der Waals surface area contributed by atoms with E-state index in [1.807, 2.05) is 20.8 Å². The van der Waals surface area contributed by atoms with E-state index in [0.717, 1.165) is 22.9 Å². The fraction of sp³-hybridized carbons (Fsp3) is 0.290. The highest BCUT2D eigenvalue weighted by Crippen LogP contribution is 2.40. The predicted molar refractivity (Wildman–Crippen MR) is 167 cm³/mol. The molecule has 12 heteroatoms. The van der Waals surface area contributed by atoms with Crippen LogP contribution in [0.4, 0.5) is 11.4 Å². The Morgan fingerprint density at radius 3 is 1.65 bits per heavy atom. The SMILES string of the molecule is Cc1c(CNC(=O)CCl)c(C)c(Nc2cc(S(C)(=O)=O)c(C)c3c2C(=O)c2ccccc2C3=O)c(C)c1CNC(=O)CCl. The Balaban J connectivity index is 1.99. The average Bonchev–Trinajstić information content (AvgIpc) is 2.97. The molecule has 3 aromatic rings. The van der Waals surface area contributed by atoms with Crippen molar-refractivity contribution in [3.8, 4) is 0 Å². The van der Waals surface area contributed by atoms with Crippen molar-refractivity contribution in [3.63, 3.8) is 0 Å². The zero-order valence-electron chi connectivity index (χ0n) is 24.3. The quantitative estimate of drug-likeness (QED) is 0.227. The van der Waals surface area contributed by atoms with Crippen molar-refractivity contribution < 1.29 is 27.6 Å². The summed E-state index contributed by atoms with van der Waals surface area (Å²) in [4.78, 5) is 51.6. The van der Waals surface area contributed by atoms with Gasteiger partial charge in [-0.2, -0.15) is 0 Å². The standard InChI is InChI=1S/C31H31Cl2N3O6S/c1-15-21(13-34-25(37)11-32)16(2)29(17(3)22(15)14-35-26(38)12-33)36-23-10-24(43(5,41)42)18(4)27-28(23)31(40)20-9-7-6-8-19(20)30(27)39/h6-10,36H,11-14H2,1-5H3,(H,34,37)(H,35,38). The van der Waals surface area contributed by atoms with Crippen LogP contribution in [-0.2, 0) is 32.5 Å². The molecule has 0 bridgehead atoms. The van der Waals surface area contributed by atoms with Crippen LogP contribution in [0.25, 0.3) is 0 Å². The molecule has 4 rings (SSSR count). The molecule has 1 aliphatic carbocycles. The van der Waals surface area contributed by atoms with Crippen molar-refractivity contribution >= 4 is 67.8 Å². The third kappa shape index (κ3) is 6.04. The Hall–Kier alpha value is -3.73. The summed E-state index contributed by atoms with van der Waals surface area (Å²) in [6.45, 7) is 7.29. The number of halogens is 2. The number of anilines is 2. The Kier molecular flexibility index (Phi) is 9.34. The predicted octanol–water partition coefficient (Wildman–Crippen LogP) is 4.55. The van der Waals surface area contributed by atoms with Crippen LogP contribution in [0.1, 0.15) is 65.2 Å². The van der Waals surface area contributed by atoms with Gasteiger partial charge in [0.05, 0.1) is 16.1 Å². The van der Waals surface area contributed by atoms with Gasteiger partial charge in [-0.25, -0.2) is 8.42 Å². The second-order valence-corrected chi connectivity index (χ2v) is 12.9. The highest BCUT2D eigenvalue weighted by atomic mass is 35.5. The van der Waals surface area contributed by atoms with E-state index in [2.05, 4.69) is 16.0 Å². The lowest BCUT2D eigenvalue weighted by Gasteiger charge is -2.27. The minimum absolute atomic E-state index is 0.0285. The molecule has 9 nitrogen and oxygen atoms in total. The maximum absolute atomic E-state index is 13.9. The van der Waals surface area contributed by atoms with Gasteiger partial charge >= 0.3 is 0 Å². The van der Waals surface area contributed by atoms with Crippen molar-refractivity contribution in [3.05, 3.63) is 86.0 Å². The van der Waals surface area contributed by atoms with E-state index in [1.165, 1.54) is 13.0 Å². The van der Waals surface area contributed by atoms with E-state index in [4.69, 9.17) is 23.2 Å². The Labute approximate surface area is 260 Å². The molecule has 0 unspecified atom stereocenters. The van der Waals surface area contributed by atoms with Crippen molar-refractivity contribution in [1.82, 2.24) is 10.6 Å². The summed E-state index contributed by atoms with van der Waals surface area (Å²) in [7, 11) is -3.81. The molecule has 0 saturated heterocycles. The first-order valence-corrected chi connectivity index (χ1v) is 16.3. The number of alkyl halides is 2. The summed E-state index contributed by atoms with van der Waals surface area (Å²) >= 11 is 11.4. The van der Waals surface area contributed by atoms with Gasteiger partial charge in [-0.3, -0.25) is 19.2 Å². The van der Waals surface area contributed by atoms with Gasteiger partial charge in [0.25, 0.3) is 0 Å². The van der Waals surface area contributed by atoms with E-state index in [9.17, 15) is 27.6 Å². The third-order valence-corrected chi connectivity index (χ3v) is 9.51. The highest BCUT2D eigenvalue weighted by molar-refractivity contribution is 7.90. The molecule has 0 aliphatic heterocycles. The monoisotopic (exact) mass is 643 g/mol. The maximum atomic E-state index is 13.9. The number of rotatable bonds is 9. The van der Waals surface area contributed by atoms with Crippen molar-refractivity contribution in [2.45, 2.75) is 45.7 Å². The average molecular weight is 645 g/mol. The molecule has 0 aromatic heterocycles. The number of fused-ring (bicyclic) bond motifs is 2.